The molecule has 20 heavy (non-hydrogen) atoms. The summed E-state index contributed by atoms with van der Waals surface area (Å²) in [5.41, 5.74) is 3.65. The summed E-state index contributed by atoms with van der Waals surface area (Å²) in [5, 5.41) is 4.57. The average molecular weight is 269 g/mol. The van der Waals surface area contributed by atoms with E-state index in [0.717, 1.165) is 22.5 Å². The molecule has 1 aromatic carbocycles. The van der Waals surface area contributed by atoms with Gasteiger partial charge < -0.3 is 0 Å². The molecule has 0 aliphatic heterocycles. The molecule has 4 heteroatoms. The van der Waals surface area contributed by atoms with Gasteiger partial charge in [0.15, 0.2) is 5.65 Å². The topological polar surface area (TPSA) is 30.2 Å². The second-order valence-corrected chi connectivity index (χ2v) is 5.93. The van der Waals surface area contributed by atoms with E-state index in [1.807, 2.05) is 12.3 Å². The first-order valence-electron chi connectivity index (χ1n) is 6.55. The van der Waals surface area contributed by atoms with E-state index >= 15 is 0 Å². The van der Waals surface area contributed by atoms with Crippen LogP contribution in [0, 0.1) is 5.82 Å². The molecular formula is C16H16FN3. The molecule has 0 N–H and O–H groups in total. The first kappa shape index (κ1) is 12.8. The van der Waals surface area contributed by atoms with Crippen LogP contribution in [0.4, 0.5) is 4.39 Å². The number of nitrogens with zero attached hydrogens (tertiary/aromatic N) is 3. The molecule has 3 rings (SSSR count). The monoisotopic (exact) mass is 269 g/mol. The van der Waals surface area contributed by atoms with Crippen molar-refractivity contribution in [1.29, 1.82) is 0 Å². The number of rotatable bonds is 1. The van der Waals surface area contributed by atoms with Crippen LogP contribution in [-0.2, 0) is 5.41 Å². The number of hydrogen-bond donors (Lipinski definition) is 0. The van der Waals surface area contributed by atoms with E-state index in [9.17, 15) is 4.39 Å². The Balaban J connectivity index is 2.08. The average Bonchev–Trinajstić information content (AvgIpc) is 2.82. The maximum absolute atomic E-state index is 13.0. The van der Waals surface area contributed by atoms with Crippen molar-refractivity contribution in [3.63, 3.8) is 0 Å². The van der Waals surface area contributed by atoms with Crippen molar-refractivity contribution in [2.45, 2.75) is 26.2 Å². The fraction of sp³-hybridized carbons (Fsp3) is 0.250. The van der Waals surface area contributed by atoms with E-state index in [4.69, 9.17) is 0 Å². The van der Waals surface area contributed by atoms with Gasteiger partial charge in [-0.2, -0.15) is 5.10 Å². The first-order chi connectivity index (χ1) is 9.43. The lowest BCUT2D eigenvalue weighted by molar-refractivity contribution is 0.562. The minimum atomic E-state index is -0.239. The van der Waals surface area contributed by atoms with E-state index in [1.165, 1.54) is 12.1 Å². The Bertz CT molecular complexity index is 751. The number of halogens is 1. The van der Waals surface area contributed by atoms with Crippen LogP contribution >= 0.6 is 0 Å². The van der Waals surface area contributed by atoms with Crippen molar-refractivity contribution in [3.05, 3.63) is 54.2 Å². The minimum absolute atomic E-state index is 0.0102. The molecule has 0 bridgehead atoms. The Morgan fingerprint density at radius 2 is 1.75 bits per heavy atom. The van der Waals surface area contributed by atoms with Gasteiger partial charge in [0, 0.05) is 29.4 Å². The van der Waals surface area contributed by atoms with E-state index in [0.29, 0.717) is 0 Å². The van der Waals surface area contributed by atoms with E-state index in [1.54, 1.807) is 22.8 Å². The molecule has 3 nitrogen and oxygen atoms in total. The number of fused-ring (bicyclic) bond motifs is 1. The van der Waals surface area contributed by atoms with E-state index in [2.05, 4.69) is 30.9 Å². The van der Waals surface area contributed by atoms with E-state index < -0.39 is 0 Å². The van der Waals surface area contributed by atoms with Crippen LogP contribution in [0.25, 0.3) is 16.8 Å². The highest BCUT2D eigenvalue weighted by Gasteiger charge is 2.18. The molecule has 0 atom stereocenters. The molecule has 0 aliphatic rings. The normalized spacial score (nSPS) is 12.0. The highest BCUT2D eigenvalue weighted by Crippen LogP contribution is 2.23. The van der Waals surface area contributed by atoms with Crippen LogP contribution in [0.3, 0.4) is 0 Å². The molecule has 0 aliphatic carbocycles. The van der Waals surface area contributed by atoms with Crippen LogP contribution < -0.4 is 0 Å². The third kappa shape index (κ3) is 2.29. The zero-order chi connectivity index (χ0) is 14.3. The van der Waals surface area contributed by atoms with Gasteiger partial charge in [0.2, 0.25) is 0 Å². The third-order valence-corrected chi connectivity index (χ3v) is 3.26. The van der Waals surface area contributed by atoms with E-state index in [-0.39, 0.29) is 11.2 Å². The zero-order valence-electron chi connectivity index (χ0n) is 11.8. The maximum Gasteiger partial charge on any atom is 0.155 e. The first-order valence-corrected chi connectivity index (χ1v) is 6.55. The minimum Gasteiger partial charge on any atom is -0.236 e. The Labute approximate surface area is 117 Å². The largest absolute Gasteiger partial charge is 0.236 e. The number of benzene rings is 1. The highest BCUT2D eigenvalue weighted by atomic mass is 19.1. The van der Waals surface area contributed by atoms with Gasteiger partial charge in [-0.05, 0) is 17.7 Å². The summed E-state index contributed by atoms with van der Waals surface area (Å²) in [6.45, 7) is 6.36. The quantitative estimate of drug-likeness (QED) is 0.672. The van der Waals surface area contributed by atoms with Crippen molar-refractivity contribution >= 4 is 5.65 Å². The Hall–Kier alpha value is -2.23. The van der Waals surface area contributed by atoms with Gasteiger partial charge in [-0.15, -0.1) is 0 Å². The number of hydrogen-bond acceptors (Lipinski definition) is 2. The van der Waals surface area contributed by atoms with Crippen molar-refractivity contribution in [2.75, 3.05) is 0 Å². The van der Waals surface area contributed by atoms with Gasteiger partial charge in [-0.1, -0.05) is 32.9 Å². The number of aromatic nitrogens is 3. The fourth-order valence-corrected chi connectivity index (χ4v) is 2.03. The van der Waals surface area contributed by atoms with Gasteiger partial charge in [-0.3, -0.25) is 0 Å². The molecule has 2 heterocycles. The Kier molecular flexibility index (Phi) is 2.82. The predicted molar refractivity (Wildman–Crippen MR) is 77.1 cm³/mol. The zero-order valence-corrected chi connectivity index (χ0v) is 11.8. The highest BCUT2D eigenvalue weighted by molar-refractivity contribution is 5.62. The summed E-state index contributed by atoms with van der Waals surface area (Å²) in [6, 6.07) is 8.37. The lowest BCUT2D eigenvalue weighted by atomic mass is 9.93. The van der Waals surface area contributed by atoms with Crippen molar-refractivity contribution in [2.24, 2.45) is 0 Å². The molecule has 0 saturated heterocycles. The molecule has 102 valence electrons. The standard InChI is InChI=1S/C16H16FN3/c1-16(2,3)14-8-15-18-9-12(10-20(15)19-14)11-4-6-13(17)7-5-11/h4-10H,1-3H3. The molecule has 3 aromatic rings. The van der Waals surface area contributed by atoms with Gasteiger partial charge in [0.05, 0.1) is 5.69 Å². The summed E-state index contributed by atoms with van der Waals surface area (Å²) in [5.74, 6) is -0.239. The van der Waals surface area contributed by atoms with Gasteiger partial charge >= 0.3 is 0 Å². The molecule has 0 radical (unpaired) electrons. The molecule has 2 aromatic heterocycles. The molecule has 0 fully saturated rings. The van der Waals surface area contributed by atoms with Crippen LogP contribution in [0.1, 0.15) is 26.5 Å². The van der Waals surface area contributed by atoms with Crippen LogP contribution in [-0.4, -0.2) is 14.6 Å². The smallest absolute Gasteiger partial charge is 0.155 e. The van der Waals surface area contributed by atoms with Crippen molar-refractivity contribution in [1.82, 2.24) is 14.6 Å². The summed E-state index contributed by atoms with van der Waals surface area (Å²) < 4.78 is 14.7. The van der Waals surface area contributed by atoms with Gasteiger partial charge in [-0.25, -0.2) is 13.9 Å². The predicted octanol–water partition coefficient (Wildman–Crippen LogP) is 3.83. The molecule has 0 amide bonds. The molecule has 0 spiro atoms. The summed E-state index contributed by atoms with van der Waals surface area (Å²) >= 11 is 0. The summed E-state index contributed by atoms with van der Waals surface area (Å²) in [7, 11) is 0. The summed E-state index contributed by atoms with van der Waals surface area (Å²) in [4.78, 5) is 4.42. The van der Waals surface area contributed by atoms with Crippen molar-refractivity contribution in [3.8, 4) is 11.1 Å². The van der Waals surface area contributed by atoms with Crippen LogP contribution in [0.2, 0.25) is 0 Å². The Morgan fingerprint density at radius 3 is 2.40 bits per heavy atom. The lowest BCUT2D eigenvalue weighted by Gasteiger charge is -2.13. The van der Waals surface area contributed by atoms with Crippen molar-refractivity contribution < 1.29 is 4.39 Å². The van der Waals surface area contributed by atoms with Crippen LogP contribution in [0.5, 0.6) is 0 Å². The SMILES string of the molecule is CC(C)(C)c1cc2ncc(-c3ccc(F)cc3)cn2n1. The fourth-order valence-electron chi connectivity index (χ4n) is 2.03. The van der Waals surface area contributed by atoms with Gasteiger partial charge in [0.25, 0.3) is 0 Å². The van der Waals surface area contributed by atoms with Gasteiger partial charge in [0.1, 0.15) is 5.82 Å². The third-order valence-electron chi connectivity index (χ3n) is 3.26. The molecular weight excluding hydrogens is 253 g/mol. The second-order valence-electron chi connectivity index (χ2n) is 5.93. The lowest BCUT2D eigenvalue weighted by Crippen LogP contribution is -2.11. The molecule has 0 saturated carbocycles. The summed E-state index contributed by atoms with van der Waals surface area (Å²) in [6.07, 6.45) is 3.71. The maximum atomic E-state index is 13.0. The molecule has 0 unspecified atom stereocenters. The second kappa shape index (κ2) is 4.40. The van der Waals surface area contributed by atoms with Crippen LogP contribution in [0.15, 0.2) is 42.7 Å². The Morgan fingerprint density at radius 1 is 1.05 bits per heavy atom.